The maximum absolute atomic E-state index is 6.03. The van der Waals surface area contributed by atoms with Crippen LogP contribution in [0.1, 0.15) is 12.5 Å². The second-order valence-electron chi connectivity index (χ2n) is 4.40. The summed E-state index contributed by atoms with van der Waals surface area (Å²) in [6.07, 6.45) is 1.68. The molecule has 0 aliphatic heterocycles. The average molecular weight is 257 g/mol. The maximum atomic E-state index is 6.03. The molecule has 4 heteroatoms. The Morgan fingerprint density at radius 3 is 2.47 bits per heavy atom. The van der Waals surface area contributed by atoms with E-state index in [0.717, 1.165) is 18.1 Å². The van der Waals surface area contributed by atoms with E-state index in [9.17, 15) is 0 Å². The second-order valence-corrected chi connectivity index (χ2v) is 4.40. The third-order valence-corrected chi connectivity index (χ3v) is 2.95. The van der Waals surface area contributed by atoms with E-state index in [4.69, 9.17) is 10.5 Å². The Labute approximate surface area is 113 Å². The summed E-state index contributed by atoms with van der Waals surface area (Å²) in [5.74, 6) is 1.74. The first-order valence-corrected chi connectivity index (χ1v) is 6.27. The van der Waals surface area contributed by atoms with Gasteiger partial charge in [-0.05, 0) is 36.8 Å². The summed E-state index contributed by atoms with van der Waals surface area (Å²) >= 11 is 0. The van der Waals surface area contributed by atoms with E-state index in [1.54, 1.807) is 13.3 Å². The van der Waals surface area contributed by atoms with Crippen LogP contribution in [0.15, 0.2) is 48.7 Å². The van der Waals surface area contributed by atoms with E-state index in [0.29, 0.717) is 0 Å². The number of pyridine rings is 1. The standard InChI is InChI=1S/C15H19N3O/c1-12(16)18(15-5-3-4-10-17-15)11-13-6-8-14(19-2)9-7-13/h3-10,12H,11,16H2,1-2H3/t12-/m0/s1. The largest absolute Gasteiger partial charge is 0.497 e. The van der Waals surface area contributed by atoms with Gasteiger partial charge in [0.1, 0.15) is 11.6 Å². The fourth-order valence-electron chi connectivity index (χ4n) is 1.88. The molecule has 2 rings (SSSR count). The average Bonchev–Trinajstić information content (AvgIpc) is 2.46. The number of benzene rings is 1. The van der Waals surface area contributed by atoms with Crippen LogP contribution in [-0.4, -0.2) is 18.3 Å². The van der Waals surface area contributed by atoms with Crippen molar-refractivity contribution in [2.75, 3.05) is 12.0 Å². The highest BCUT2D eigenvalue weighted by Gasteiger charge is 2.12. The van der Waals surface area contributed by atoms with Crippen LogP contribution in [0.2, 0.25) is 0 Å². The highest BCUT2D eigenvalue weighted by atomic mass is 16.5. The van der Waals surface area contributed by atoms with Crippen LogP contribution in [0.3, 0.4) is 0 Å². The summed E-state index contributed by atoms with van der Waals surface area (Å²) in [5, 5.41) is 0. The van der Waals surface area contributed by atoms with Crippen molar-refractivity contribution in [3.8, 4) is 5.75 Å². The molecule has 1 atom stereocenters. The van der Waals surface area contributed by atoms with Crippen molar-refractivity contribution in [3.63, 3.8) is 0 Å². The molecule has 0 radical (unpaired) electrons. The normalized spacial score (nSPS) is 11.9. The summed E-state index contributed by atoms with van der Waals surface area (Å²) in [7, 11) is 1.66. The topological polar surface area (TPSA) is 51.4 Å². The lowest BCUT2D eigenvalue weighted by Gasteiger charge is -2.27. The number of aromatic nitrogens is 1. The minimum atomic E-state index is -0.1000. The summed E-state index contributed by atoms with van der Waals surface area (Å²) in [6.45, 7) is 2.68. The minimum absolute atomic E-state index is 0.1000. The molecule has 0 aliphatic rings. The zero-order valence-electron chi connectivity index (χ0n) is 11.3. The van der Waals surface area contributed by atoms with Crippen LogP contribution in [0, 0.1) is 0 Å². The zero-order chi connectivity index (χ0) is 13.7. The molecule has 1 aromatic heterocycles. The molecule has 1 heterocycles. The Morgan fingerprint density at radius 2 is 1.95 bits per heavy atom. The minimum Gasteiger partial charge on any atom is -0.497 e. The van der Waals surface area contributed by atoms with Gasteiger partial charge in [-0.3, -0.25) is 0 Å². The van der Waals surface area contributed by atoms with Crippen molar-refractivity contribution in [3.05, 3.63) is 54.2 Å². The first-order valence-electron chi connectivity index (χ1n) is 6.27. The van der Waals surface area contributed by atoms with E-state index >= 15 is 0 Å². The van der Waals surface area contributed by atoms with E-state index in [1.807, 2.05) is 49.4 Å². The monoisotopic (exact) mass is 257 g/mol. The smallest absolute Gasteiger partial charge is 0.129 e. The van der Waals surface area contributed by atoms with E-state index in [-0.39, 0.29) is 6.17 Å². The Hall–Kier alpha value is -2.07. The molecule has 0 unspecified atom stereocenters. The Bertz CT molecular complexity index is 497. The van der Waals surface area contributed by atoms with Crippen molar-refractivity contribution in [2.24, 2.45) is 5.73 Å². The Kier molecular flexibility index (Phi) is 4.36. The molecule has 19 heavy (non-hydrogen) atoms. The molecule has 0 spiro atoms. The number of methoxy groups -OCH3 is 1. The van der Waals surface area contributed by atoms with Crippen molar-refractivity contribution >= 4 is 5.82 Å². The van der Waals surface area contributed by atoms with Crippen LogP contribution >= 0.6 is 0 Å². The van der Waals surface area contributed by atoms with Gasteiger partial charge in [-0.25, -0.2) is 4.98 Å². The molecule has 0 saturated heterocycles. The van der Waals surface area contributed by atoms with Gasteiger partial charge in [0.25, 0.3) is 0 Å². The molecule has 4 nitrogen and oxygen atoms in total. The highest BCUT2D eigenvalue weighted by molar-refractivity contribution is 5.40. The number of hydrogen-bond donors (Lipinski definition) is 1. The number of nitrogens with two attached hydrogens (primary N) is 1. The number of hydrogen-bond acceptors (Lipinski definition) is 4. The predicted molar refractivity (Wildman–Crippen MR) is 77.1 cm³/mol. The van der Waals surface area contributed by atoms with Crippen LogP contribution < -0.4 is 15.4 Å². The van der Waals surface area contributed by atoms with Gasteiger partial charge in [-0.1, -0.05) is 18.2 Å². The zero-order valence-corrected chi connectivity index (χ0v) is 11.3. The lowest BCUT2D eigenvalue weighted by Crippen LogP contribution is -2.39. The predicted octanol–water partition coefficient (Wildman–Crippen LogP) is 2.40. The van der Waals surface area contributed by atoms with E-state index in [2.05, 4.69) is 9.88 Å². The fraction of sp³-hybridized carbons (Fsp3) is 0.267. The molecule has 1 aromatic carbocycles. The van der Waals surface area contributed by atoms with Gasteiger partial charge >= 0.3 is 0 Å². The van der Waals surface area contributed by atoms with Crippen molar-refractivity contribution in [1.29, 1.82) is 0 Å². The van der Waals surface area contributed by atoms with Crippen LogP contribution in [0.25, 0.3) is 0 Å². The van der Waals surface area contributed by atoms with Gasteiger partial charge in [0.15, 0.2) is 0 Å². The molecule has 0 aliphatic carbocycles. The molecular formula is C15H19N3O. The van der Waals surface area contributed by atoms with Gasteiger partial charge in [0, 0.05) is 12.7 Å². The molecule has 0 saturated carbocycles. The van der Waals surface area contributed by atoms with Gasteiger partial charge in [-0.15, -0.1) is 0 Å². The van der Waals surface area contributed by atoms with Gasteiger partial charge in [0.05, 0.1) is 13.3 Å². The maximum Gasteiger partial charge on any atom is 0.129 e. The van der Waals surface area contributed by atoms with Crippen LogP contribution in [-0.2, 0) is 6.54 Å². The number of ether oxygens (including phenoxy) is 1. The lowest BCUT2D eigenvalue weighted by molar-refractivity contribution is 0.414. The Morgan fingerprint density at radius 1 is 1.21 bits per heavy atom. The number of rotatable bonds is 5. The molecular weight excluding hydrogens is 238 g/mol. The molecule has 100 valence electrons. The van der Waals surface area contributed by atoms with Crippen molar-refractivity contribution < 1.29 is 4.74 Å². The van der Waals surface area contributed by atoms with Crippen LogP contribution in [0.5, 0.6) is 5.75 Å². The van der Waals surface area contributed by atoms with E-state index in [1.165, 1.54) is 5.56 Å². The second kappa shape index (κ2) is 6.20. The fourth-order valence-corrected chi connectivity index (χ4v) is 1.88. The quantitative estimate of drug-likeness (QED) is 0.836. The Balaban J connectivity index is 2.17. The molecule has 2 N–H and O–H groups in total. The first kappa shape index (κ1) is 13.4. The van der Waals surface area contributed by atoms with Crippen molar-refractivity contribution in [1.82, 2.24) is 4.98 Å². The number of anilines is 1. The summed E-state index contributed by atoms with van der Waals surface area (Å²) in [6, 6.07) is 13.8. The summed E-state index contributed by atoms with van der Waals surface area (Å²) < 4.78 is 5.16. The summed E-state index contributed by atoms with van der Waals surface area (Å²) in [4.78, 5) is 6.41. The van der Waals surface area contributed by atoms with Crippen LogP contribution in [0.4, 0.5) is 5.82 Å². The van der Waals surface area contributed by atoms with Gasteiger partial charge < -0.3 is 15.4 Å². The molecule has 2 aromatic rings. The first-order chi connectivity index (χ1) is 9.20. The van der Waals surface area contributed by atoms with Gasteiger partial charge in [-0.2, -0.15) is 0 Å². The summed E-state index contributed by atoms with van der Waals surface area (Å²) in [5.41, 5.74) is 7.20. The SMILES string of the molecule is COc1ccc(CN(c2ccccn2)[C@@H](C)N)cc1. The number of nitrogens with zero attached hydrogens (tertiary/aromatic N) is 2. The van der Waals surface area contributed by atoms with Gasteiger partial charge in [0.2, 0.25) is 0 Å². The highest BCUT2D eigenvalue weighted by Crippen LogP contribution is 2.17. The van der Waals surface area contributed by atoms with Crippen molar-refractivity contribution in [2.45, 2.75) is 19.6 Å². The third-order valence-electron chi connectivity index (χ3n) is 2.95. The molecule has 0 amide bonds. The lowest BCUT2D eigenvalue weighted by atomic mass is 10.2. The third kappa shape index (κ3) is 3.45. The molecule has 0 fully saturated rings. The van der Waals surface area contributed by atoms with E-state index < -0.39 is 0 Å². The molecule has 0 bridgehead atoms.